The maximum absolute atomic E-state index is 14.7. The molecule has 3 aromatic rings. The monoisotopic (exact) mass is 764 g/mol. The highest BCUT2D eigenvalue weighted by molar-refractivity contribution is 7.87. The quantitative estimate of drug-likeness (QED) is 0.322. The lowest BCUT2D eigenvalue weighted by atomic mass is 9.63. The molecule has 2 aromatic heterocycles. The number of ether oxygens (including phenoxy) is 2. The molecule has 3 fully saturated rings. The van der Waals surface area contributed by atoms with Crippen LogP contribution in [0.4, 0.5) is 0 Å². The Balaban J connectivity index is 1.41. The molecule has 6 atom stereocenters. The van der Waals surface area contributed by atoms with Crippen molar-refractivity contribution in [2.75, 3.05) is 54.9 Å². The van der Waals surface area contributed by atoms with Gasteiger partial charge in [0.2, 0.25) is 5.91 Å². The minimum Gasteiger partial charge on any atom is -0.496 e. The Hall–Kier alpha value is -3.72. The second-order valence-corrected chi connectivity index (χ2v) is 18.4. The lowest BCUT2D eigenvalue weighted by Crippen LogP contribution is -2.53. The summed E-state index contributed by atoms with van der Waals surface area (Å²) in [5.41, 5.74) is 5.10. The van der Waals surface area contributed by atoms with Crippen molar-refractivity contribution in [3.63, 3.8) is 0 Å². The van der Waals surface area contributed by atoms with Crippen LogP contribution in [-0.4, -0.2) is 117 Å². The summed E-state index contributed by atoms with van der Waals surface area (Å²) < 4.78 is 43.2. The van der Waals surface area contributed by atoms with Crippen molar-refractivity contribution in [3.8, 4) is 5.75 Å². The fourth-order valence-corrected chi connectivity index (χ4v) is 10.4. The Morgan fingerprint density at radius 3 is 2.30 bits per heavy atom. The number of fused-ring (bicyclic) bond motifs is 7. The largest absolute Gasteiger partial charge is 0.496 e. The van der Waals surface area contributed by atoms with E-state index in [1.165, 1.54) is 26.1 Å². The van der Waals surface area contributed by atoms with Gasteiger partial charge in [0, 0.05) is 67.8 Å². The Morgan fingerprint density at radius 2 is 1.65 bits per heavy atom. The predicted octanol–water partition coefficient (Wildman–Crippen LogP) is 4.58. The number of methoxy groups -OCH3 is 1. The van der Waals surface area contributed by atoms with Gasteiger partial charge in [-0.3, -0.25) is 14.4 Å². The van der Waals surface area contributed by atoms with Gasteiger partial charge in [-0.15, -0.1) is 0 Å². The molecule has 2 aliphatic carbocycles. The van der Waals surface area contributed by atoms with Gasteiger partial charge in [0.25, 0.3) is 5.91 Å². The van der Waals surface area contributed by atoms with Gasteiger partial charge in [0.15, 0.2) is 5.78 Å². The van der Waals surface area contributed by atoms with E-state index >= 15 is 0 Å². The fourth-order valence-electron chi connectivity index (χ4n) is 9.92. The highest BCUT2D eigenvalue weighted by Crippen LogP contribution is 2.54. The number of rotatable bonds is 9. The molecule has 2 unspecified atom stereocenters. The number of carbonyl (C=O) groups is 3. The first-order chi connectivity index (χ1) is 25.7. The van der Waals surface area contributed by atoms with Crippen LogP contribution in [-0.2, 0) is 31.1 Å². The van der Waals surface area contributed by atoms with Crippen LogP contribution in [0.5, 0.6) is 5.75 Å². The summed E-state index contributed by atoms with van der Waals surface area (Å²) in [6.45, 7) is 5.40. The molecular weight excluding hydrogens is 709 g/mol. The van der Waals surface area contributed by atoms with E-state index in [0.717, 1.165) is 57.9 Å². The smallest absolute Gasteiger partial charge is 0.303 e. The molecule has 14 heteroatoms. The number of morpholine rings is 1. The van der Waals surface area contributed by atoms with Gasteiger partial charge in [0.05, 0.1) is 37.9 Å². The van der Waals surface area contributed by atoms with Gasteiger partial charge in [-0.1, -0.05) is 25.3 Å². The molecule has 294 valence electrons. The number of carbonyl (C=O) groups excluding carboxylic acids is 3. The lowest BCUT2D eigenvalue weighted by Gasteiger charge is -2.43. The van der Waals surface area contributed by atoms with Gasteiger partial charge in [-0.25, -0.2) is 4.72 Å². The average molecular weight is 765 g/mol. The van der Waals surface area contributed by atoms with Crippen LogP contribution >= 0.6 is 0 Å². The Bertz CT molecular complexity index is 2020. The van der Waals surface area contributed by atoms with Crippen molar-refractivity contribution < 1.29 is 32.3 Å². The molecule has 0 spiro atoms. The van der Waals surface area contributed by atoms with Crippen LogP contribution in [0.2, 0.25) is 0 Å². The molecular formula is C40H56N6O7S. The molecule has 2 saturated carbocycles. The third-order valence-electron chi connectivity index (χ3n) is 12.3. The molecule has 2 aliphatic heterocycles. The molecule has 4 heterocycles. The topological polar surface area (TPSA) is 146 Å². The number of likely N-dealkylation sites (N-methyl/N-ethyl adjacent to an activating group) is 1. The van der Waals surface area contributed by atoms with E-state index in [1.54, 1.807) is 7.11 Å². The number of amides is 2. The summed E-state index contributed by atoms with van der Waals surface area (Å²) in [6.07, 6.45) is 8.16. The summed E-state index contributed by atoms with van der Waals surface area (Å²) >= 11 is 0. The second kappa shape index (κ2) is 15.1. The van der Waals surface area contributed by atoms with Gasteiger partial charge in [-0.2, -0.15) is 12.7 Å². The molecule has 1 aromatic carbocycles. The summed E-state index contributed by atoms with van der Waals surface area (Å²) in [6, 6.07) is 6.45. The number of hydrogen-bond donors (Lipinski definition) is 2. The number of Topliss-reactive ketones (excluding diaryl/α,β-unsaturated/α-hetero) is 1. The minimum atomic E-state index is -4.08. The maximum Gasteiger partial charge on any atom is 0.303 e. The van der Waals surface area contributed by atoms with E-state index in [9.17, 15) is 22.8 Å². The highest BCUT2D eigenvalue weighted by atomic mass is 32.2. The van der Waals surface area contributed by atoms with Gasteiger partial charge in [0.1, 0.15) is 11.4 Å². The van der Waals surface area contributed by atoms with E-state index in [4.69, 9.17) is 9.47 Å². The van der Waals surface area contributed by atoms with Crippen LogP contribution in [0, 0.1) is 11.8 Å². The van der Waals surface area contributed by atoms with Crippen molar-refractivity contribution in [1.29, 1.82) is 0 Å². The van der Waals surface area contributed by atoms with E-state index < -0.39 is 28.0 Å². The lowest BCUT2D eigenvalue weighted by molar-refractivity contribution is -0.153. The zero-order valence-corrected chi connectivity index (χ0v) is 33.5. The van der Waals surface area contributed by atoms with E-state index in [1.807, 2.05) is 43.9 Å². The molecule has 2 N–H and O–H groups in total. The number of hydrogen-bond acceptors (Lipinski definition) is 8. The number of aromatic amines is 1. The third-order valence-corrected chi connectivity index (χ3v) is 13.7. The predicted molar refractivity (Wildman–Crippen MR) is 206 cm³/mol. The number of benzene rings is 1. The SMILES string of the molecule is COc1ccc(C2CCCCC2)c2c1cc1n2Cc2c(c[nH]c2C(=O)NS(=O)(=O)N(C)C)C2C[C@@H](C(=O)N3C[C@@H](C)O[C@@H](C)C3)C(C(=O)CN(C)C)C[C@@H]12. The Labute approximate surface area is 318 Å². The fraction of sp³-hybridized carbons (Fsp3) is 0.625. The van der Waals surface area contributed by atoms with Crippen molar-refractivity contribution >= 4 is 38.7 Å². The van der Waals surface area contributed by atoms with Crippen molar-refractivity contribution in [2.24, 2.45) is 11.8 Å². The van der Waals surface area contributed by atoms with Gasteiger partial charge < -0.3 is 28.8 Å². The van der Waals surface area contributed by atoms with Crippen molar-refractivity contribution in [1.82, 2.24) is 28.4 Å². The zero-order valence-electron chi connectivity index (χ0n) is 32.7. The first-order valence-electron chi connectivity index (χ1n) is 19.4. The number of nitrogens with zero attached hydrogens (tertiary/aromatic N) is 4. The summed E-state index contributed by atoms with van der Waals surface area (Å²) in [5, 5.41) is 0.986. The van der Waals surface area contributed by atoms with Gasteiger partial charge >= 0.3 is 10.2 Å². The Morgan fingerprint density at radius 1 is 0.963 bits per heavy atom. The molecule has 0 radical (unpaired) electrons. The second-order valence-electron chi connectivity index (χ2n) is 16.5. The number of aromatic nitrogens is 2. The van der Waals surface area contributed by atoms with Crippen LogP contribution < -0.4 is 9.46 Å². The van der Waals surface area contributed by atoms with Crippen LogP contribution in [0.15, 0.2) is 24.4 Å². The Kier molecular flexibility index (Phi) is 10.8. The molecule has 0 bridgehead atoms. The van der Waals surface area contributed by atoms with Crippen LogP contribution in [0.3, 0.4) is 0 Å². The first kappa shape index (κ1) is 38.6. The maximum atomic E-state index is 14.7. The van der Waals surface area contributed by atoms with E-state index in [-0.39, 0.29) is 48.0 Å². The van der Waals surface area contributed by atoms with Crippen LogP contribution in [0.1, 0.15) is 109 Å². The molecule has 13 nitrogen and oxygen atoms in total. The summed E-state index contributed by atoms with van der Waals surface area (Å²) in [5.74, 6) is -1.11. The molecule has 54 heavy (non-hydrogen) atoms. The van der Waals surface area contributed by atoms with Crippen LogP contribution in [0.25, 0.3) is 10.9 Å². The number of nitrogens with one attached hydrogen (secondary N) is 2. The molecule has 1 saturated heterocycles. The van der Waals surface area contributed by atoms with Crippen molar-refractivity contribution in [2.45, 2.75) is 95.3 Å². The van der Waals surface area contributed by atoms with E-state index in [2.05, 4.69) is 32.5 Å². The van der Waals surface area contributed by atoms with Crippen molar-refractivity contribution in [3.05, 3.63) is 52.5 Å². The van der Waals surface area contributed by atoms with Gasteiger partial charge in [-0.05, 0) is 88.7 Å². The first-order valence-corrected chi connectivity index (χ1v) is 20.9. The third kappa shape index (κ3) is 7.10. The molecule has 2 amide bonds. The number of H-pyrrole nitrogens is 1. The minimum absolute atomic E-state index is 0.0364. The van der Waals surface area contributed by atoms with E-state index in [0.29, 0.717) is 44.0 Å². The zero-order chi connectivity index (χ0) is 38.6. The molecule has 7 rings (SSSR count). The number of ketones is 1. The molecule has 4 aliphatic rings. The highest BCUT2D eigenvalue weighted by Gasteiger charge is 2.49. The standard InChI is InChI=1S/C40H56N6O7S/c1-23-19-45(20-24(2)53-23)40(49)30-15-27-28(16-29(30)35(47)22-43(3)4)34-17-31-36(52-7)14-13-26(25-11-9-8-10-12-25)38(31)46(34)21-33-32(27)18-41-37(33)39(48)42-54(50,51)44(5)6/h13-14,17-18,23-25,27-30,41H,8-12,15-16,19-22H2,1-7H3,(H,42,48)/t23-,24+,27?,28-,29?,30-/m1/s1. The average Bonchev–Trinajstić information content (AvgIpc) is 3.69. The summed E-state index contributed by atoms with van der Waals surface area (Å²) in [4.78, 5) is 49.8. The summed E-state index contributed by atoms with van der Waals surface area (Å²) in [7, 11) is 4.10. The normalized spacial score (nSPS) is 26.3.